The Bertz CT molecular complexity index is 300. The first-order valence-electron chi connectivity index (χ1n) is 6.19. The molecule has 1 aliphatic heterocycles. The van der Waals surface area contributed by atoms with Gasteiger partial charge in [0.25, 0.3) is 0 Å². The maximum Gasteiger partial charge on any atom is -0.00431 e. The Morgan fingerprint density at radius 1 is 1.27 bits per heavy atom. The summed E-state index contributed by atoms with van der Waals surface area (Å²) < 4.78 is 0. The molecule has 0 bridgehead atoms. The molecule has 1 heterocycles. The fraction of sp³-hybridized carbons (Fsp3) is 0.571. The van der Waals surface area contributed by atoms with E-state index in [1.165, 1.54) is 44.3 Å². The summed E-state index contributed by atoms with van der Waals surface area (Å²) in [7, 11) is 0. The minimum absolute atomic E-state index is 0.794. The fourth-order valence-corrected chi connectivity index (χ4v) is 2.45. The molecule has 1 N–H and O–H groups in total. The number of aryl methyl sites for hydroxylation is 1. The van der Waals surface area contributed by atoms with Gasteiger partial charge in [-0.1, -0.05) is 37.6 Å². The molecule has 0 aromatic heterocycles. The predicted octanol–water partition coefficient (Wildman–Crippen LogP) is 3.11. The van der Waals surface area contributed by atoms with Gasteiger partial charge in [0.2, 0.25) is 0 Å². The van der Waals surface area contributed by atoms with Gasteiger partial charge in [0, 0.05) is 0 Å². The molecule has 1 aromatic rings. The van der Waals surface area contributed by atoms with Crippen molar-refractivity contribution in [2.75, 3.05) is 13.1 Å². The molecule has 1 aromatic carbocycles. The van der Waals surface area contributed by atoms with Crippen LogP contribution < -0.4 is 5.32 Å². The molecule has 0 unspecified atom stereocenters. The van der Waals surface area contributed by atoms with Crippen LogP contribution in [0.2, 0.25) is 0 Å². The SMILES string of the molecule is CCCc1cccc(C2CCNCC2)c1. The van der Waals surface area contributed by atoms with Crippen LogP contribution in [0, 0.1) is 0 Å². The summed E-state index contributed by atoms with van der Waals surface area (Å²) >= 11 is 0. The summed E-state index contributed by atoms with van der Waals surface area (Å²) in [6, 6.07) is 9.20. The van der Waals surface area contributed by atoms with Crippen molar-refractivity contribution in [1.29, 1.82) is 0 Å². The van der Waals surface area contributed by atoms with Crippen LogP contribution in [0.15, 0.2) is 24.3 Å². The Hall–Kier alpha value is -0.820. The van der Waals surface area contributed by atoms with Gasteiger partial charge in [0.05, 0.1) is 0 Å². The van der Waals surface area contributed by atoms with E-state index in [1.807, 2.05) is 0 Å². The van der Waals surface area contributed by atoms with Crippen molar-refractivity contribution in [2.24, 2.45) is 0 Å². The molecule has 1 heteroatoms. The number of benzene rings is 1. The zero-order chi connectivity index (χ0) is 10.5. The average molecular weight is 203 g/mol. The molecule has 2 rings (SSSR count). The van der Waals surface area contributed by atoms with E-state index >= 15 is 0 Å². The number of nitrogens with one attached hydrogen (secondary N) is 1. The third kappa shape index (κ3) is 2.82. The number of piperidine rings is 1. The van der Waals surface area contributed by atoms with Gasteiger partial charge in [-0.2, -0.15) is 0 Å². The second kappa shape index (κ2) is 5.32. The van der Waals surface area contributed by atoms with E-state index in [0.29, 0.717) is 0 Å². The highest BCUT2D eigenvalue weighted by Gasteiger charge is 2.14. The van der Waals surface area contributed by atoms with Crippen molar-refractivity contribution < 1.29 is 0 Å². The van der Waals surface area contributed by atoms with Gasteiger partial charge in [-0.15, -0.1) is 0 Å². The van der Waals surface area contributed by atoms with Gasteiger partial charge in [-0.25, -0.2) is 0 Å². The summed E-state index contributed by atoms with van der Waals surface area (Å²) in [6.07, 6.45) is 5.07. The molecular formula is C14H21N. The first-order chi connectivity index (χ1) is 7.40. The molecule has 1 nitrogen and oxygen atoms in total. The van der Waals surface area contributed by atoms with Gasteiger partial charge in [-0.05, 0) is 49.4 Å². The number of rotatable bonds is 3. The molecule has 0 amide bonds. The molecule has 0 saturated carbocycles. The zero-order valence-electron chi connectivity index (χ0n) is 9.63. The van der Waals surface area contributed by atoms with Crippen LogP contribution >= 0.6 is 0 Å². The Labute approximate surface area is 92.9 Å². The summed E-state index contributed by atoms with van der Waals surface area (Å²) in [5.41, 5.74) is 3.07. The Kier molecular flexibility index (Phi) is 3.79. The maximum absolute atomic E-state index is 3.42. The lowest BCUT2D eigenvalue weighted by molar-refractivity contribution is 0.460. The average Bonchev–Trinajstić information content (AvgIpc) is 2.31. The molecule has 1 aliphatic rings. The lowest BCUT2D eigenvalue weighted by atomic mass is 9.89. The Morgan fingerprint density at radius 3 is 2.80 bits per heavy atom. The normalized spacial score (nSPS) is 17.9. The van der Waals surface area contributed by atoms with Crippen LogP contribution in [0.1, 0.15) is 43.2 Å². The van der Waals surface area contributed by atoms with Crippen molar-refractivity contribution in [2.45, 2.75) is 38.5 Å². The fourth-order valence-electron chi connectivity index (χ4n) is 2.45. The number of hydrogen-bond acceptors (Lipinski definition) is 1. The quantitative estimate of drug-likeness (QED) is 0.796. The molecule has 1 fully saturated rings. The maximum atomic E-state index is 3.42. The summed E-state index contributed by atoms with van der Waals surface area (Å²) in [6.45, 7) is 4.61. The van der Waals surface area contributed by atoms with Crippen LogP contribution in [-0.4, -0.2) is 13.1 Å². The van der Waals surface area contributed by atoms with E-state index < -0.39 is 0 Å². The molecular weight excluding hydrogens is 182 g/mol. The largest absolute Gasteiger partial charge is 0.317 e. The zero-order valence-corrected chi connectivity index (χ0v) is 9.63. The van der Waals surface area contributed by atoms with E-state index in [4.69, 9.17) is 0 Å². The summed E-state index contributed by atoms with van der Waals surface area (Å²) in [4.78, 5) is 0. The third-order valence-corrected chi connectivity index (χ3v) is 3.30. The van der Waals surface area contributed by atoms with Crippen LogP contribution in [0.25, 0.3) is 0 Å². The monoisotopic (exact) mass is 203 g/mol. The predicted molar refractivity (Wildman–Crippen MR) is 65.3 cm³/mol. The van der Waals surface area contributed by atoms with Crippen molar-refractivity contribution >= 4 is 0 Å². The van der Waals surface area contributed by atoms with Crippen molar-refractivity contribution in [1.82, 2.24) is 5.32 Å². The molecule has 0 spiro atoms. The van der Waals surface area contributed by atoms with Gasteiger partial charge in [0.1, 0.15) is 0 Å². The van der Waals surface area contributed by atoms with E-state index in [9.17, 15) is 0 Å². The standard InChI is InChI=1S/C14H21N/c1-2-4-12-5-3-6-14(11-12)13-7-9-15-10-8-13/h3,5-6,11,13,15H,2,4,7-10H2,1H3. The van der Waals surface area contributed by atoms with Crippen molar-refractivity contribution in [3.63, 3.8) is 0 Å². The van der Waals surface area contributed by atoms with E-state index in [-0.39, 0.29) is 0 Å². The minimum Gasteiger partial charge on any atom is -0.317 e. The second-order valence-electron chi connectivity index (χ2n) is 4.52. The molecule has 0 aliphatic carbocycles. The van der Waals surface area contributed by atoms with Gasteiger partial charge >= 0.3 is 0 Å². The molecule has 0 radical (unpaired) electrons. The van der Waals surface area contributed by atoms with Crippen molar-refractivity contribution in [3.8, 4) is 0 Å². The Balaban J connectivity index is 2.09. The Morgan fingerprint density at radius 2 is 2.07 bits per heavy atom. The molecule has 15 heavy (non-hydrogen) atoms. The molecule has 0 atom stereocenters. The van der Waals surface area contributed by atoms with E-state index in [2.05, 4.69) is 36.5 Å². The van der Waals surface area contributed by atoms with Crippen LogP contribution in [-0.2, 0) is 6.42 Å². The lowest BCUT2D eigenvalue weighted by Crippen LogP contribution is -2.26. The second-order valence-corrected chi connectivity index (χ2v) is 4.52. The first kappa shape index (κ1) is 10.7. The topological polar surface area (TPSA) is 12.0 Å². The van der Waals surface area contributed by atoms with Crippen LogP contribution in [0.3, 0.4) is 0 Å². The van der Waals surface area contributed by atoms with Gasteiger partial charge < -0.3 is 5.32 Å². The first-order valence-corrected chi connectivity index (χ1v) is 6.19. The highest BCUT2D eigenvalue weighted by Crippen LogP contribution is 2.25. The third-order valence-electron chi connectivity index (χ3n) is 3.30. The van der Waals surface area contributed by atoms with Crippen LogP contribution in [0.4, 0.5) is 0 Å². The smallest absolute Gasteiger partial charge is 0.00431 e. The van der Waals surface area contributed by atoms with Crippen LogP contribution in [0.5, 0.6) is 0 Å². The van der Waals surface area contributed by atoms with Crippen molar-refractivity contribution in [3.05, 3.63) is 35.4 Å². The van der Waals surface area contributed by atoms with Gasteiger partial charge in [0.15, 0.2) is 0 Å². The lowest BCUT2D eigenvalue weighted by Gasteiger charge is -2.23. The summed E-state index contributed by atoms with van der Waals surface area (Å²) in [5.74, 6) is 0.794. The van der Waals surface area contributed by atoms with E-state index in [1.54, 1.807) is 5.56 Å². The highest BCUT2D eigenvalue weighted by molar-refractivity contribution is 5.27. The van der Waals surface area contributed by atoms with E-state index in [0.717, 1.165) is 5.92 Å². The van der Waals surface area contributed by atoms with Gasteiger partial charge in [-0.3, -0.25) is 0 Å². The highest BCUT2D eigenvalue weighted by atomic mass is 14.9. The summed E-state index contributed by atoms with van der Waals surface area (Å²) in [5, 5.41) is 3.42. The molecule has 1 saturated heterocycles. The molecule has 82 valence electrons. The minimum atomic E-state index is 0.794. The number of hydrogen-bond donors (Lipinski definition) is 1.